The van der Waals surface area contributed by atoms with Crippen molar-refractivity contribution in [3.05, 3.63) is 18.7 Å². The fourth-order valence-electron chi connectivity index (χ4n) is 4.27. The van der Waals surface area contributed by atoms with Crippen molar-refractivity contribution in [1.29, 1.82) is 0 Å². The highest BCUT2D eigenvalue weighted by molar-refractivity contribution is 5.61. The minimum absolute atomic E-state index is 0.561. The molecule has 0 aliphatic heterocycles. The first-order valence-corrected chi connectivity index (χ1v) is 8.33. The van der Waals surface area contributed by atoms with Gasteiger partial charge in [-0.1, -0.05) is 25.7 Å². The molecule has 2 heterocycles. The molecule has 2 aromatic heterocycles. The van der Waals surface area contributed by atoms with Gasteiger partial charge in [0.25, 0.3) is 0 Å². The first kappa shape index (κ1) is 13.0. The summed E-state index contributed by atoms with van der Waals surface area (Å²) in [6.45, 7) is 0. The van der Waals surface area contributed by atoms with Crippen molar-refractivity contribution in [2.24, 2.45) is 11.8 Å². The van der Waals surface area contributed by atoms with Gasteiger partial charge in [0.05, 0.1) is 0 Å². The average Bonchev–Trinajstić information content (AvgIpc) is 3.24. The third-order valence-electron chi connectivity index (χ3n) is 5.33. The Labute approximate surface area is 125 Å². The molecule has 4 rings (SSSR count). The quantitative estimate of drug-likeness (QED) is 0.936. The van der Waals surface area contributed by atoms with Gasteiger partial charge < -0.3 is 5.32 Å². The van der Waals surface area contributed by atoms with E-state index in [9.17, 15) is 0 Å². The summed E-state index contributed by atoms with van der Waals surface area (Å²) in [5.41, 5.74) is 0.846. The Hall–Kier alpha value is -1.65. The SMILES string of the molecule is c1cn2cnnc2c(NC(C2CCCC2)C2CCCC2)n1. The number of hydrogen-bond donors (Lipinski definition) is 1. The van der Waals surface area contributed by atoms with Gasteiger partial charge >= 0.3 is 0 Å². The maximum Gasteiger partial charge on any atom is 0.203 e. The molecule has 0 amide bonds. The van der Waals surface area contributed by atoms with Crippen molar-refractivity contribution in [1.82, 2.24) is 19.6 Å². The summed E-state index contributed by atoms with van der Waals surface area (Å²) < 4.78 is 1.94. The monoisotopic (exact) mass is 285 g/mol. The molecule has 0 spiro atoms. The van der Waals surface area contributed by atoms with E-state index in [2.05, 4.69) is 20.5 Å². The minimum Gasteiger partial charge on any atom is -0.364 e. The van der Waals surface area contributed by atoms with E-state index in [1.54, 1.807) is 6.33 Å². The highest BCUT2D eigenvalue weighted by Crippen LogP contribution is 2.38. The van der Waals surface area contributed by atoms with Crippen LogP contribution in [-0.4, -0.2) is 25.6 Å². The van der Waals surface area contributed by atoms with Crippen molar-refractivity contribution >= 4 is 11.5 Å². The molecule has 0 saturated heterocycles. The number of aromatic nitrogens is 4. The first-order valence-electron chi connectivity index (χ1n) is 8.33. The number of nitrogens with zero attached hydrogens (tertiary/aromatic N) is 4. The third-order valence-corrected chi connectivity index (χ3v) is 5.33. The third kappa shape index (κ3) is 2.49. The second-order valence-electron chi connectivity index (χ2n) is 6.60. The molecule has 112 valence electrons. The predicted octanol–water partition coefficient (Wildman–Crippen LogP) is 3.29. The van der Waals surface area contributed by atoms with Gasteiger partial charge in [0.15, 0.2) is 5.82 Å². The van der Waals surface area contributed by atoms with Crippen LogP contribution in [0.4, 0.5) is 5.82 Å². The molecule has 2 aromatic rings. The molecule has 21 heavy (non-hydrogen) atoms. The van der Waals surface area contributed by atoms with Crippen LogP contribution in [0.1, 0.15) is 51.4 Å². The van der Waals surface area contributed by atoms with E-state index >= 15 is 0 Å². The lowest BCUT2D eigenvalue weighted by atomic mass is 9.86. The van der Waals surface area contributed by atoms with Crippen LogP contribution in [0.15, 0.2) is 18.7 Å². The molecule has 5 heteroatoms. The van der Waals surface area contributed by atoms with Crippen LogP contribution in [0.5, 0.6) is 0 Å². The smallest absolute Gasteiger partial charge is 0.203 e. The summed E-state index contributed by atoms with van der Waals surface area (Å²) in [4.78, 5) is 4.53. The number of anilines is 1. The zero-order valence-electron chi connectivity index (χ0n) is 12.4. The molecule has 0 radical (unpaired) electrons. The van der Waals surface area contributed by atoms with Crippen LogP contribution < -0.4 is 5.32 Å². The van der Waals surface area contributed by atoms with Crippen molar-refractivity contribution in [2.75, 3.05) is 5.32 Å². The van der Waals surface area contributed by atoms with E-state index < -0.39 is 0 Å². The van der Waals surface area contributed by atoms with Crippen LogP contribution in [0, 0.1) is 11.8 Å². The topological polar surface area (TPSA) is 55.1 Å². The normalized spacial score (nSPS) is 20.8. The Morgan fingerprint density at radius 3 is 2.38 bits per heavy atom. The van der Waals surface area contributed by atoms with Gasteiger partial charge in [-0.15, -0.1) is 10.2 Å². The van der Waals surface area contributed by atoms with E-state index in [0.29, 0.717) is 6.04 Å². The highest BCUT2D eigenvalue weighted by Gasteiger charge is 2.33. The molecule has 1 N–H and O–H groups in total. The summed E-state index contributed by atoms with van der Waals surface area (Å²) in [7, 11) is 0. The lowest BCUT2D eigenvalue weighted by molar-refractivity contribution is 0.337. The molecule has 2 aliphatic rings. The molecule has 5 nitrogen and oxygen atoms in total. The highest BCUT2D eigenvalue weighted by atomic mass is 15.2. The predicted molar refractivity (Wildman–Crippen MR) is 82.1 cm³/mol. The van der Waals surface area contributed by atoms with Gasteiger partial charge in [-0.05, 0) is 37.5 Å². The van der Waals surface area contributed by atoms with Crippen LogP contribution >= 0.6 is 0 Å². The standard InChI is InChI=1S/C16H23N5/c1-2-6-12(5-1)14(13-7-3-4-8-13)19-15-16-20-18-11-21(16)10-9-17-15/h9-14H,1-8H2,(H,17,19). The lowest BCUT2D eigenvalue weighted by Gasteiger charge is -2.30. The Kier molecular flexibility index (Phi) is 3.49. The first-order chi connectivity index (χ1) is 10.4. The van der Waals surface area contributed by atoms with Gasteiger partial charge in [-0.25, -0.2) is 4.98 Å². The molecular formula is C16H23N5. The average molecular weight is 285 g/mol. The molecular weight excluding hydrogens is 262 g/mol. The molecule has 0 aromatic carbocycles. The van der Waals surface area contributed by atoms with Crippen molar-refractivity contribution < 1.29 is 0 Å². The Bertz CT molecular complexity index is 579. The van der Waals surface area contributed by atoms with Gasteiger partial charge in [0, 0.05) is 18.4 Å². The largest absolute Gasteiger partial charge is 0.364 e. The summed E-state index contributed by atoms with van der Waals surface area (Å²) >= 11 is 0. The molecule has 2 saturated carbocycles. The number of hydrogen-bond acceptors (Lipinski definition) is 4. The van der Waals surface area contributed by atoms with Crippen molar-refractivity contribution in [3.63, 3.8) is 0 Å². The van der Waals surface area contributed by atoms with Crippen molar-refractivity contribution in [3.8, 4) is 0 Å². The number of rotatable bonds is 4. The Balaban J connectivity index is 1.62. The van der Waals surface area contributed by atoms with E-state index in [-0.39, 0.29) is 0 Å². The lowest BCUT2D eigenvalue weighted by Crippen LogP contribution is -2.34. The second kappa shape index (κ2) is 5.62. The summed E-state index contributed by atoms with van der Waals surface area (Å²) in [6, 6.07) is 0.561. The molecule has 0 bridgehead atoms. The maximum atomic E-state index is 4.53. The van der Waals surface area contributed by atoms with Crippen LogP contribution in [0.25, 0.3) is 5.65 Å². The number of nitrogens with one attached hydrogen (secondary N) is 1. The summed E-state index contributed by atoms with van der Waals surface area (Å²) in [5.74, 6) is 2.51. The van der Waals surface area contributed by atoms with Crippen LogP contribution in [0.3, 0.4) is 0 Å². The van der Waals surface area contributed by atoms with Gasteiger partial charge in [-0.2, -0.15) is 0 Å². The summed E-state index contributed by atoms with van der Waals surface area (Å²) in [5, 5.41) is 12.0. The van der Waals surface area contributed by atoms with Gasteiger partial charge in [0.2, 0.25) is 5.65 Å². The number of fused-ring (bicyclic) bond motifs is 1. The van der Waals surface area contributed by atoms with Crippen LogP contribution in [0.2, 0.25) is 0 Å². The van der Waals surface area contributed by atoms with E-state index in [1.165, 1.54) is 51.4 Å². The van der Waals surface area contributed by atoms with Gasteiger partial charge in [0.1, 0.15) is 6.33 Å². The molecule has 0 unspecified atom stereocenters. The minimum atomic E-state index is 0.561. The fourth-order valence-corrected chi connectivity index (χ4v) is 4.27. The van der Waals surface area contributed by atoms with Crippen LogP contribution in [-0.2, 0) is 0 Å². The molecule has 2 fully saturated rings. The zero-order chi connectivity index (χ0) is 14.1. The Morgan fingerprint density at radius 2 is 1.71 bits per heavy atom. The summed E-state index contributed by atoms with van der Waals surface area (Å²) in [6.07, 6.45) is 16.5. The molecule has 0 atom stereocenters. The van der Waals surface area contributed by atoms with E-state index in [4.69, 9.17) is 0 Å². The Morgan fingerprint density at radius 1 is 1.05 bits per heavy atom. The fraction of sp³-hybridized carbons (Fsp3) is 0.688. The van der Waals surface area contributed by atoms with E-state index in [0.717, 1.165) is 23.3 Å². The van der Waals surface area contributed by atoms with Gasteiger partial charge in [-0.3, -0.25) is 4.40 Å². The second-order valence-corrected chi connectivity index (χ2v) is 6.60. The van der Waals surface area contributed by atoms with E-state index in [1.807, 2.05) is 16.8 Å². The zero-order valence-corrected chi connectivity index (χ0v) is 12.4. The maximum absolute atomic E-state index is 4.53. The molecule has 2 aliphatic carbocycles. The van der Waals surface area contributed by atoms with Crippen molar-refractivity contribution in [2.45, 2.75) is 57.4 Å².